The van der Waals surface area contributed by atoms with Crippen molar-refractivity contribution in [3.8, 4) is 11.3 Å². The molecule has 132 valence electrons. The van der Waals surface area contributed by atoms with Crippen LogP contribution in [0.4, 0.5) is 5.69 Å². The summed E-state index contributed by atoms with van der Waals surface area (Å²) in [4.78, 5) is 20.9. The van der Waals surface area contributed by atoms with Crippen LogP contribution in [-0.4, -0.2) is 40.9 Å². The van der Waals surface area contributed by atoms with Crippen LogP contribution in [0, 0.1) is 0 Å². The van der Waals surface area contributed by atoms with Gasteiger partial charge in [-0.2, -0.15) is 0 Å². The molecule has 0 bridgehead atoms. The zero-order chi connectivity index (χ0) is 18.0. The number of carbonyl (C=O) groups excluding carboxylic acids is 1. The van der Waals surface area contributed by atoms with Crippen molar-refractivity contribution < 1.29 is 14.3 Å². The summed E-state index contributed by atoms with van der Waals surface area (Å²) in [6, 6.07) is 4.73. The molecule has 0 aliphatic carbocycles. The molecule has 0 unspecified atom stereocenters. The molecule has 3 N–H and O–H groups in total. The Kier molecular flexibility index (Phi) is 4.89. The number of nitrogens with one attached hydrogen (secondary N) is 1. The van der Waals surface area contributed by atoms with Crippen molar-refractivity contribution in [2.75, 3.05) is 18.9 Å². The van der Waals surface area contributed by atoms with E-state index in [-0.39, 0.29) is 28.4 Å². The molecule has 1 saturated heterocycles. The van der Waals surface area contributed by atoms with Gasteiger partial charge in [0.15, 0.2) is 5.79 Å². The number of anilines is 1. The Morgan fingerprint density at radius 3 is 2.76 bits per heavy atom. The van der Waals surface area contributed by atoms with Crippen LogP contribution in [-0.2, 0) is 9.47 Å². The van der Waals surface area contributed by atoms with Crippen LogP contribution in [0.25, 0.3) is 11.3 Å². The van der Waals surface area contributed by atoms with E-state index < -0.39 is 5.79 Å². The molecule has 8 heteroatoms. The van der Waals surface area contributed by atoms with Crippen LogP contribution in [0.1, 0.15) is 24.2 Å². The zero-order valence-electron chi connectivity index (χ0n) is 14.0. The number of amides is 1. The maximum Gasteiger partial charge on any atom is 0.253 e. The Labute approximate surface area is 150 Å². The zero-order valence-corrected chi connectivity index (χ0v) is 14.7. The molecule has 7 nitrogen and oxygen atoms in total. The van der Waals surface area contributed by atoms with E-state index in [9.17, 15) is 4.79 Å². The van der Waals surface area contributed by atoms with Crippen LogP contribution in [0.3, 0.4) is 0 Å². The lowest BCUT2D eigenvalue weighted by atomic mass is 10.1. The molecule has 0 radical (unpaired) electrons. The van der Waals surface area contributed by atoms with Crippen LogP contribution in [0.2, 0.25) is 5.15 Å². The summed E-state index contributed by atoms with van der Waals surface area (Å²) in [6.45, 7) is 4.36. The third-order valence-electron chi connectivity index (χ3n) is 3.81. The van der Waals surface area contributed by atoms with E-state index in [0.29, 0.717) is 24.5 Å². The average molecular weight is 363 g/mol. The smallest absolute Gasteiger partial charge is 0.253 e. The van der Waals surface area contributed by atoms with Gasteiger partial charge < -0.3 is 20.5 Å². The molecule has 1 fully saturated rings. The highest BCUT2D eigenvalue weighted by atomic mass is 35.5. The van der Waals surface area contributed by atoms with Crippen molar-refractivity contribution >= 4 is 23.2 Å². The highest BCUT2D eigenvalue weighted by molar-refractivity contribution is 6.30. The molecule has 25 heavy (non-hydrogen) atoms. The van der Waals surface area contributed by atoms with E-state index in [1.54, 1.807) is 24.5 Å². The number of rotatable bonds is 3. The first-order chi connectivity index (χ1) is 11.9. The number of ether oxygens (including phenoxy) is 2. The van der Waals surface area contributed by atoms with Crippen molar-refractivity contribution in [3.63, 3.8) is 0 Å². The molecule has 1 amide bonds. The van der Waals surface area contributed by atoms with Crippen molar-refractivity contribution in [2.24, 2.45) is 0 Å². The van der Waals surface area contributed by atoms with Gasteiger partial charge in [-0.25, -0.2) is 4.98 Å². The van der Waals surface area contributed by atoms with E-state index in [4.69, 9.17) is 26.8 Å². The maximum absolute atomic E-state index is 12.6. The minimum Gasteiger partial charge on any atom is -0.396 e. The topological polar surface area (TPSA) is 99.4 Å². The predicted octanol–water partition coefficient (Wildman–Crippen LogP) is 2.26. The Hall–Kier alpha value is -2.22. The van der Waals surface area contributed by atoms with Gasteiger partial charge in [0.25, 0.3) is 5.91 Å². The van der Waals surface area contributed by atoms with Gasteiger partial charge in [0.05, 0.1) is 36.2 Å². The fraction of sp³-hybridized carbons (Fsp3) is 0.353. The largest absolute Gasteiger partial charge is 0.396 e. The summed E-state index contributed by atoms with van der Waals surface area (Å²) in [6.07, 6.45) is 3.25. The molecule has 2 aromatic rings. The predicted molar refractivity (Wildman–Crippen MR) is 94.1 cm³/mol. The van der Waals surface area contributed by atoms with E-state index in [1.807, 2.05) is 13.8 Å². The molecule has 2 aromatic heterocycles. The van der Waals surface area contributed by atoms with Crippen molar-refractivity contribution in [1.29, 1.82) is 0 Å². The van der Waals surface area contributed by atoms with Gasteiger partial charge in [-0.15, -0.1) is 0 Å². The number of nitrogen functional groups attached to an aromatic ring is 1. The summed E-state index contributed by atoms with van der Waals surface area (Å²) in [5.74, 6) is -1.00. The molecule has 0 aromatic carbocycles. The number of carbonyl (C=O) groups is 1. The Morgan fingerprint density at radius 2 is 2.12 bits per heavy atom. The standard InChI is InChI=1S/C17H19ClN4O3/c1-17(2)24-8-11(9-25-17)21-16(23)12-6-13(18)22-15(14(12)19)10-4-3-5-20-7-10/h3-7,11H,8-9,19H2,1-2H3,(H,21,23). The number of nitrogens with two attached hydrogens (primary N) is 1. The SMILES string of the molecule is CC1(C)OCC(NC(=O)c2cc(Cl)nc(-c3cccnc3)c2N)CO1. The molecule has 1 aliphatic heterocycles. The fourth-order valence-corrected chi connectivity index (χ4v) is 2.67. The molecular weight excluding hydrogens is 344 g/mol. The van der Waals surface area contributed by atoms with Gasteiger partial charge in [-0.3, -0.25) is 9.78 Å². The van der Waals surface area contributed by atoms with Crippen molar-refractivity contribution in [2.45, 2.75) is 25.7 Å². The van der Waals surface area contributed by atoms with Crippen LogP contribution < -0.4 is 11.1 Å². The minimum absolute atomic E-state index is 0.176. The monoisotopic (exact) mass is 362 g/mol. The molecule has 0 spiro atoms. The van der Waals surface area contributed by atoms with Crippen LogP contribution >= 0.6 is 11.6 Å². The second-order valence-electron chi connectivity index (χ2n) is 6.19. The van der Waals surface area contributed by atoms with Gasteiger partial charge in [0.2, 0.25) is 0 Å². The molecule has 0 saturated carbocycles. The minimum atomic E-state index is -0.645. The Morgan fingerprint density at radius 1 is 1.40 bits per heavy atom. The summed E-state index contributed by atoms with van der Waals surface area (Å²) < 4.78 is 11.1. The lowest BCUT2D eigenvalue weighted by Crippen LogP contribution is -2.50. The number of aromatic nitrogens is 2. The highest BCUT2D eigenvalue weighted by Gasteiger charge is 2.29. The first-order valence-corrected chi connectivity index (χ1v) is 8.19. The average Bonchev–Trinajstić information content (AvgIpc) is 2.59. The number of nitrogens with zero attached hydrogens (tertiary/aromatic N) is 2. The molecule has 3 rings (SSSR count). The van der Waals surface area contributed by atoms with Crippen molar-refractivity contribution in [1.82, 2.24) is 15.3 Å². The summed E-state index contributed by atoms with van der Waals surface area (Å²) >= 11 is 6.08. The summed E-state index contributed by atoms with van der Waals surface area (Å²) in [5, 5.41) is 3.03. The van der Waals surface area contributed by atoms with Crippen LogP contribution in [0.15, 0.2) is 30.6 Å². The third kappa shape index (κ3) is 4.07. The van der Waals surface area contributed by atoms with E-state index >= 15 is 0 Å². The number of hydrogen-bond donors (Lipinski definition) is 2. The number of pyridine rings is 2. The normalized spacial score (nSPS) is 17.2. The quantitative estimate of drug-likeness (QED) is 0.812. The Bertz CT molecular complexity index is 773. The summed E-state index contributed by atoms with van der Waals surface area (Å²) in [7, 11) is 0. The first-order valence-electron chi connectivity index (χ1n) is 7.81. The molecular formula is C17H19ClN4O3. The van der Waals surface area contributed by atoms with Crippen molar-refractivity contribution in [3.05, 3.63) is 41.3 Å². The highest BCUT2D eigenvalue weighted by Crippen LogP contribution is 2.29. The van der Waals surface area contributed by atoms with Gasteiger partial charge in [0, 0.05) is 18.0 Å². The molecule has 3 heterocycles. The number of halogens is 1. The van der Waals surface area contributed by atoms with Gasteiger partial charge >= 0.3 is 0 Å². The Balaban J connectivity index is 1.82. The third-order valence-corrected chi connectivity index (χ3v) is 4.00. The van der Waals surface area contributed by atoms with Crippen LogP contribution in [0.5, 0.6) is 0 Å². The second-order valence-corrected chi connectivity index (χ2v) is 6.58. The van der Waals surface area contributed by atoms with Gasteiger partial charge in [-0.05, 0) is 32.0 Å². The number of hydrogen-bond acceptors (Lipinski definition) is 6. The lowest BCUT2D eigenvalue weighted by Gasteiger charge is -2.35. The van der Waals surface area contributed by atoms with E-state index in [0.717, 1.165) is 0 Å². The second kappa shape index (κ2) is 6.95. The summed E-state index contributed by atoms with van der Waals surface area (Å²) in [5.41, 5.74) is 7.76. The lowest BCUT2D eigenvalue weighted by molar-refractivity contribution is -0.251. The van der Waals surface area contributed by atoms with Gasteiger partial charge in [-0.1, -0.05) is 11.6 Å². The molecule has 0 atom stereocenters. The molecule has 1 aliphatic rings. The maximum atomic E-state index is 12.6. The first kappa shape index (κ1) is 17.6. The van der Waals surface area contributed by atoms with E-state index in [2.05, 4.69) is 15.3 Å². The van der Waals surface area contributed by atoms with Gasteiger partial charge in [0.1, 0.15) is 5.15 Å². The fourth-order valence-electron chi connectivity index (χ4n) is 2.47. The van der Waals surface area contributed by atoms with E-state index in [1.165, 1.54) is 6.07 Å².